The van der Waals surface area contributed by atoms with E-state index in [4.69, 9.17) is 0 Å². The molecule has 0 spiro atoms. The van der Waals surface area contributed by atoms with Crippen LogP contribution in [0.4, 0.5) is 0 Å². The fraction of sp³-hybridized carbons (Fsp3) is 0.300. The standard InChI is InChI=1S/C10H11NO3/c1-3-14-10(13)9(12)8-6-11-5-4-7(8)2/h4-6H,3H2,1-2H3. The van der Waals surface area contributed by atoms with Crippen LogP contribution in [0.1, 0.15) is 22.8 Å². The summed E-state index contributed by atoms with van der Waals surface area (Å²) in [5.74, 6) is -1.47. The van der Waals surface area contributed by atoms with Crippen LogP contribution in [0.5, 0.6) is 0 Å². The van der Waals surface area contributed by atoms with Crippen LogP contribution < -0.4 is 0 Å². The van der Waals surface area contributed by atoms with E-state index in [1.165, 1.54) is 6.20 Å². The molecule has 0 radical (unpaired) electrons. The molecule has 0 bridgehead atoms. The second-order valence-electron chi connectivity index (χ2n) is 2.74. The minimum atomic E-state index is -0.830. The Bertz CT molecular complexity index is 360. The lowest BCUT2D eigenvalue weighted by Crippen LogP contribution is -2.18. The number of pyridine rings is 1. The van der Waals surface area contributed by atoms with Crippen molar-refractivity contribution < 1.29 is 14.3 Å². The molecule has 0 saturated heterocycles. The number of ether oxygens (including phenoxy) is 1. The molecule has 1 rings (SSSR count). The molecule has 74 valence electrons. The van der Waals surface area contributed by atoms with Gasteiger partial charge in [-0.15, -0.1) is 0 Å². The van der Waals surface area contributed by atoms with Gasteiger partial charge in [0.25, 0.3) is 5.78 Å². The summed E-state index contributed by atoms with van der Waals surface area (Å²) < 4.78 is 4.60. The lowest BCUT2D eigenvalue weighted by atomic mass is 10.1. The summed E-state index contributed by atoms with van der Waals surface area (Å²) in [5, 5.41) is 0. The van der Waals surface area contributed by atoms with E-state index in [-0.39, 0.29) is 6.61 Å². The number of hydrogen-bond acceptors (Lipinski definition) is 4. The van der Waals surface area contributed by atoms with E-state index in [9.17, 15) is 9.59 Å². The lowest BCUT2D eigenvalue weighted by Gasteiger charge is -2.02. The van der Waals surface area contributed by atoms with E-state index < -0.39 is 11.8 Å². The topological polar surface area (TPSA) is 56.3 Å². The highest BCUT2D eigenvalue weighted by Crippen LogP contribution is 2.06. The molecule has 1 aromatic rings. The monoisotopic (exact) mass is 193 g/mol. The molecule has 1 heterocycles. The molecule has 0 saturated carbocycles. The number of carbonyl (C=O) groups is 2. The minimum Gasteiger partial charge on any atom is -0.460 e. The molecule has 14 heavy (non-hydrogen) atoms. The number of carbonyl (C=O) groups excluding carboxylic acids is 2. The fourth-order valence-corrected chi connectivity index (χ4v) is 1.01. The largest absolute Gasteiger partial charge is 0.460 e. The van der Waals surface area contributed by atoms with E-state index in [0.29, 0.717) is 5.56 Å². The van der Waals surface area contributed by atoms with E-state index in [0.717, 1.165) is 5.56 Å². The Hall–Kier alpha value is -1.71. The smallest absolute Gasteiger partial charge is 0.379 e. The highest BCUT2D eigenvalue weighted by molar-refractivity contribution is 6.40. The molecule has 1 aromatic heterocycles. The zero-order valence-corrected chi connectivity index (χ0v) is 8.11. The van der Waals surface area contributed by atoms with Gasteiger partial charge in [-0.1, -0.05) is 0 Å². The molecule has 4 nitrogen and oxygen atoms in total. The second kappa shape index (κ2) is 4.50. The van der Waals surface area contributed by atoms with Gasteiger partial charge in [0.15, 0.2) is 0 Å². The molecule has 0 aliphatic rings. The van der Waals surface area contributed by atoms with Crippen molar-refractivity contribution in [3.8, 4) is 0 Å². The highest BCUT2D eigenvalue weighted by Gasteiger charge is 2.18. The Labute approximate surface area is 81.9 Å². The fourth-order valence-electron chi connectivity index (χ4n) is 1.01. The second-order valence-corrected chi connectivity index (χ2v) is 2.74. The number of ketones is 1. The summed E-state index contributed by atoms with van der Waals surface area (Å²) in [4.78, 5) is 26.3. The van der Waals surface area contributed by atoms with Crippen molar-refractivity contribution in [2.75, 3.05) is 6.61 Å². The number of esters is 1. The maximum absolute atomic E-state index is 11.4. The van der Waals surface area contributed by atoms with Gasteiger partial charge >= 0.3 is 5.97 Å². The summed E-state index contributed by atoms with van der Waals surface area (Å²) in [5.41, 5.74) is 1.02. The Kier molecular flexibility index (Phi) is 3.34. The van der Waals surface area contributed by atoms with Crippen LogP contribution in [0, 0.1) is 6.92 Å². The SMILES string of the molecule is CCOC(=O)C(=O)c1cnccc1C. The summed E-state index contributed by atoms with van der Waals surface area (Å²) in [6.07, 6.45) is 2.94. The summed E-state index contributed by atoms with van der Waals surface area (Å²) in [6, 6.07) is 1.67. The molecular weight excluding hydrogens is 182 g/mol. The first-order chi connectivity index (χ1) is 6.66. The first kappa shape index (κ1) is 10.4. The number of rotatable bonds is 3. The third-order valence-corrected chi connectivity index (χ3v) is 1.74. The predicted molar refractivity (Wildman–Crippen MR) is 49.9 cm³/mol. The first-order valence-electron chi connectivity index (χ1n) is 4.29. The quantitative estimate of drug-likeness (QED) is 0.410. The van der Waals surface area contributed by atoms with Crippen LogP contribution in [0.3, 0.4) is 0 Å². The van der Waals surface area contributed by atoms with E-state index in [1.807, 2.05) is 0 Å². The average Bonchev–Trinajstić information content (AvgIpc) is 2.18. The Morgan fingerprint density at radius 2 is 2.21 bits per heavy atom. The molecule has 0 unspecified atom stereocenters. The summed E-state index contributed by atoms with van der Waals surface area (Å²) in [6.45, 7) is 3.60. The van der Waals surface area contributed by atoms with Crippen LogP contribution in [-0.4, -0.2) is 23.3 Å². The van der Waals surface area contributed by atoms with Gasteiger partial charge in [-0.05, 0) is 25.5 Å². The summed E-state index contributed by atoms with van der Waals surface area (Å²) >= 11 is 0. The van der Waals surface area contributed by atoms with Gasteiger partial charge in [0.05, 0.1) is 12.2 Å². The number of Topliss-reactive ketones (excluding diaryl/α,β-unsaturated/α-hetero) is 1. The number of aryl methyl sites for hydroxylation is 1. The number of hydrogen-bond donors (Lipinski definition) is 0. The van der Waals surface area contributed by atoms with Gasteiger partial charge in [-0.2, -0.15) is 0 Å². The van der Waals surface area contributed by atoms with Crippen molar-refractivity contribution in [2.24, 2.45) is 0 Å². The molecule has 0 aliphatic carbocycles. The Morgan fingerprint density at radius 1 is 1.50 bits per heavy atom. The molecule has 0 N–H and O–H groups in total. The van der Waals surface area contributed by atoms with Crippen LogP contribution in [0.25, 0.3) is 0 Å². The average molecular weight is 193 g/mol. The maximum Gasteiger partial charge on any atom is 0.379 e. The van der Waals surface area contributed by atoms with E-state index in [2.05, 4.69) is 9.72 Å². The van der Waals surface area contributed by atoms with Crippen molar-refractivity contribution in [3.63, 3.8) is 0 Å². The van der Waals surface area contributed by atoms with Crippen molar-refractivity contribution in [1.29, 1.82) is 0 Å². The van der Waals surface area contributed by atoms with Crippen LogP contribution >= 0.6 is 0 Å². The van der Waals surface area contributed by atoms with Gasteiger partial charge < -0.3 is 4.74 Å². The predicted octanol–water partition coefficient (Wildman–Crippen LogP) is 1.14. The molecule has 4 heteroatoms. The minimum absolute atomic E-state index is 0.198. The van der Waals surface area contributed by atoms with Gasteiger partial charge in [0.2, 0.25) is 0 Å². The van der Waals surface area contributed by atoms with Crippen LogP contribution in [0.2, 0.25) is 0 Å². The third kappa shape index (κ3) is 2.16. The molecular formula is C10H11NO3. The highest BCUT2D eigenvalue weighted by atomic mass is 16.5. The van der Waals surface area contributed by atoms with Crippen molar-refractivity contribution >= 4 is 11.8 Å². The van der Waals surface area contributed by atoms with Crippen molar-refractivity contribution in [1.82, 2.24) is 4.98 Å². The van der Waals surface area contributed by atoms with Gasteiger partial charge in [-0.25, -0.2) is 4.79 Å². The number of aromatic nitrogens is 1. The molecule has 0 amide bonds. The molecule has 0 atom stereocenters. The number of nitrogens with zero attached hydrogens (tertiary/aromatic N) is 1. The molecule has 0 fully saturated rings. The van der Waals surface area contributed by atoms with E-state index in [1.54, 1.807) is 26.1 Å². The van der Waals surface area contributed by atoms with Gasteiger partial charge in [0.1, 0.15) is 0 Å². The van der Waals surface area contributed by atoms with Crippen LogP contribution in [-0.2, 0) is 9.53 Å². The zero-order chi connectivity index (χ0) is 10.6. The summed E-state index contributed by atoms with van der Waals surface area (Å²) in [7, 11) is 0. The first-order valence-corrected chi connectivity index (χ1v) is 4.29. The molecule has 0 aliphatic heterocycles. The Balaban J connectivity index is 2.90. The van der Waals surface area contributed by atoms with Crippen molar-refractivity contribution in [3.05, 3.63) is 29.6 Å². The van der Waals surface area contributed by atoms with Gasteiger partial charge in [0, 0.05) is 12.4 Å². The maximum atomic E-state index is 11.4. The van der Waals surface area contributed by atoms with E-state index >= 15 is 0 Å². The van der Waals surface area contributed by atoms with Crippen LogP contribution in [0.15, 0.2) is 18.5 Å². The Morgan fingerprint density at radius 3 is 2.79 bits per heavy atom. The van der Waals surface area contributed by atoms with Gasteiger partial charge in [-0.3, -0.25) is 9.78 Å². The lowest BCUT2D eigenvalue weighted by molar-refractivity contribution is -0.137. The van der Waals surface area contributed by atoms with Crippen molar-refractivity contribution in [2.45, 2.75) is 13.8 Å². The normalized spacial score (nSPS) is 9.57. The third-order valence-electron chi connectivity index (χ3n) is 1.74. The molecule has 0 aromatic carbocycles. The zero-order valence-electron chi connectivity index (χ0n) is 8.11.